The summed E-state index contributed by atoms with van der Waals surface area (Å²) in [6.45, 7) is 1.78. The van der Waals surface area contributed by atoms with Crippen LogP contribution >= 0.6 is 0 Å². The molecular weight excluding hydrogens is 389 g/mol. The van der Waals surface area contributed by atoms with Gasteiger partial charge in [0.05, 0.1) is 24.3 Å². The largest absolute Gasteiger partial charge is 0.442 e. The van der Waals surface area contributed by atoms with Gasteiger partial charge in [-0.15, -0.1) is 0 Å². The van der Waals surface area contributed by atoms with E-state index in [1.807, 2.05) is 0 Å². The first-order chi connectivity index (χ1) is 14.0. The van der Waals surface area contributed by atoms with E-state index in [4.69, 9.17) is 4.74 Å². The van der Waals surface area contributed by atoms with E-state index < -0.39 is 18.0 Å². The Morgan fingerprint density at radius 1 is 1.43 bits per heavy atom. The Hall–Kier alpha value is -3.93. The second kappa shape index (κ2) is 8.21. The molecule has 0 spiro atoms. The van der Waals surface area contributed by atoms with Gasteiger partial charge in [-0.1, -0.05) is 7.43 Å². The summed E-state index contributed by atoms with van der Waals surface area (Å²) < 4.78 is 21.8. The van der Waals surface area contributed by atoms with E-state index in [1.54, 1.807) is 41.2 Å². The average molecular weight is 409 g/mol. The summed E-state index contributed by atoms with van der Waals surface area (Å²) >= 11 is 0. The summed E-state index contributed by atoms with van der Waals surface area (Å²) in [6, 6.07) is 8.07. The van der Waals surface area contributed by atoms with E-state index >= 15 is 0 Å². The minimum absolute atomic E-state index is 0. The number of anilines is 1. The van der Waals surface area contributed by atoms with Gasteiger partial charge in [0.25, 0.3) is 0 Å². The van der Waals surface area contributed by atoms with E-state index in [0.717, 1.165) is 0 Å². The number of nitrogens with zero attached hydrogens (tertiary/aromatic N) is 4. The SMILES string of the molecule is C.CC(=O)NC[C@H]1CN(c2ccc(-c3cc(C#N)c4nccn4c3)c(F)c2)C(=O)O1. The quantitative estimate of drug-likeness (QED) is 0.714. The van der Waals surface area contributed by atoms with Crippen LogP contribution < -0.4 is 10.2 Å². The number of cyclic esters (lactones) is 1. The van der Waals surface area contributed by atoms with E-state index in [2.05, 4.69) is 16.4 Å². The molecule has 1 fully saturated rings. The number of carbonyl (C=O) groups excluding carboxylic acids is 2. The number of imidazole rings is 1. The first kappa shape index (κ1) is 20.8. The first-order valence-corrected chi connectivity index (χ1v) is 8.85. The number of ether oxygens (including phenoxy) is 1. The second-order valence-corrected chi connectivity index (χ2v) is 6.63. The van der Waals surface area contributed by atoms with Crippen LogP contribution in [-0.2, 0) is 9.53 Å². The highest BCUT2D eigenvalue weighted by Gasteiger charge is 2.32. The maximum atomic E-state index is 14.9. The Morgan fingerprint density at radius 3 is 2.93 bits per heavy atom. The van der Waals surface area contributed by atoms with Crippen LogP contribution in [0.25, 0.3) is 16.8 Å². The summed E-state index contributed by atoms with van der Waals surface area (Å²) in [5.74, 6) is -0.759. The zero-order valence-electron chi connectivity index (χ0n) is 15.4. The number of benzene rings is 1. The molecule has 8 nitrogen and oxygen atoms in total. The third kappa shape index (κ3) is 3.80. The van der Waals surface area contributed by atoms with Crippen molar-refractivity contribution in [2.45, 2.75) is 20.5 Å². The van der Waals surface area contributed by atoms with Crippen LogP contribution in [0.2, 0.25) is 0 Å². The molecule has 0 radical (unpaired) electrons. The molecule has 1 N–H and O–H groups in total. The van der Waals surface area contributed by atoms with Gasteiger partial charge < -0.3 is 14.5 Å². The number of amides is 2. The Balaban J connectivity index is 0.00000256. The van der Waals surface area contributed by atoms with Gasteiger partial charge in [0.15, 0.2) is 5.65 Å². The lowest BCUT2D eigenvalue weighted by atomic mass is 10.0. The summed E-state index contributed by atoms with van der Waals surface area (Å²) in [5.41, 5.74) is 2.00. The van der Waals surface area contributed by atoms with Crippen LogP contribution in [0, 0.1) is 17.1 Å². The fraction of sp³-hybridized carbons (Fsp3) is 0.238. The number of pyridine rings is 1. The molecule has 0 bridgehead atoms. The van der Waals surface area contributed by atoms with Gasteiger partial charge in [-0.3, -0.25) is 9.69 Å². The van der Waals surface area contributed by atoms with Crippen molar-refractivity contribution in [2.24, 2.45) is 0 Å². The number of hydrogen-bond acceptors (Lipinski definition) is 5. The van der Waals surface area contributed by atoms with Gasteiger partial charge in [0, 0.05) is 36.6 Å². The number of rotatable bonds is 4. The Labute approximate surface area is 172 Å². The van der Waals surface area contributed by atoms with Gasteiger partial charge in [0.2, 0.25) is 5.91 Å². The summed E-state index contributed by atoms with van der Waals surface area (Å²) in [7, 11) is 0. The van der Waals surface area contributed by atoms with Crippen molar-refractivity contribution >= 4 is 23.3 Å². The lowest BCUT2D eigenvalue weighted by Crippen LogP contribution is -2.33. The fourth-order valence-corrected chi connectivity index (χ4v) is 3.26. The molecule has 2 aromatic heterocycles. The van der Waals surface area contributed by atoms with Gasteiger partial charge >= 0.3 is 6.09 Å². The molecule has 1 aliphatic rings. The molecule has 0 saturated carbocycles. The molecule has 3 aromatic rings. The van der Waals surface area contributed by atoms with Crippen LogP contribution in [0.1, 0.15) is 19.9 Å². The number of fused-ring (bicyclic) bond motifs is 1. The first-order valence-electron chi connectivity index (χ1n) is 8.85. The summed E-state index contributed by atoms with van der Waals surface area (Å²) in [5, 5.41) is 11.9. The Morgan fingerprint density at radius 2 is 2.23 bits per heavy atom. The average Bonchev–Trinajstić information content (AvgIpc) is 3.31. The predicted molar refractivity (Wildman–Crippen MR) is 108 cm³/mol. The highest BCUT2D eigenvalue weighted by Crippen LogP contribution is 2.30. The lowest BCUT2D eigenvalue weighted by molar-refractivity contribution is -0.119. The zero-order valence-corrected chi connectivity index (χ0v) is 15.4. The van der Waals surface area contributed by atoms with E-state index in [-0.39, 0.29) is 26.4 Å². The maximum Gasteiger partial charge on any atom is 0.414 e. The third-order valence-electron chi connectivity index (χ3n) is 4.64. The van der Waals surface area contributed by atoms with Crippen molar-refractivity contribution in [1.82, 2.24) is 14.7 Å². The standard InChI is InChI=1S/C20H16FN5O3.CH4/c1-12(27)24-9-16-11-26(20(28)29-16)15-2-3-17(18(21)7-15)14-6-13(8-22)19-23-4-5-25(19)10-14;/h2-7,10,16H,9,11H2,1H3,(H,24,27);1H4/t16-;/m0./s1. The monoisotopic (exact) mass is 409 g/mol. The number of hydrogen-bond donors (Lipinski definition) is 1. The minimum Gasteiger partial charge on any atom is -0.442 e. The van der Waals surface area contributed by atoms with Crippen molar-refractivity contribution in [1.29, 1.82) is 5.26 Å². The molecule has 1 aromatic carbocycles. The molecule has 30 heavy (non-hydrogen) atoms. The van der Waals surface area contributed by atoms with Crippen LogP contribution in [0.4, 0.5) is 14.9 Å². The topological polar surface area (TPSA) is 99.7 Å². The van der Waals surface area contributed by atoms with Crippen molar-refractivity contribution in [3.8, 4) is 17.2 Å². The van der Waals surface area contributed by atoms with E-state index in [1.165, 1.54) is 17.9 Å². The van der Waals surface area contributed by atoms with Crippen LogP contribution in [0.5, 0.6) is 0 Å². The predicted octanol–water partition coefficient (Wildman–Crippen LogP) is 3.11. The van der Waals surface area contributed by atoms with Gasteiger partial charge in [-0.05, 0) is 24.3 Å². The zero-order chi connectivity index (χ0) is 20.5. The molecule has 0 aliphatic carbocycles. The highest BCUT2D eigenvalue weighted by atomic mass is 19.1. The highest BCUT2D eigenvalue weighted by molar-refractivity contribution is 5.90. The molecule has 1 atom stereocenters. The number of nitrogens with one attached hydrogen (secondary N) is 1. The normalized spacial score (nSPS) is 15.4. The molecule has 3 heterocycles. The molecular formula is C21H20FN5O3. The lowest BCUT2D eigenvalue weighted by Gasteiger charge is -2.15. The van der Waals surface area contributed by atoms with Crippen LogP contribution in [0.3, 0.4) is 0 Å². The van der Waals surface area contributed by atoms with E-state index in [9.17, 15) is 19.2 Å². The second-order valence-electron chi connectivity index (χ2n) is 6.63. The number of nitriles is 1. The number of halogens is 1. The van der Waals surface area contributed by atoms with E-state index in [0.29, 0.717) is 28.0 Å². The molecule has 1 aliphatic heterocycles. The van der Waals surface area contributed by atoms with Gasteiger partial charge in [0.1, 0.15) is 18.0 Å². The third-order valence-corrected chi connectivity index (χ3v) is 4.64. The minimum atomic E-state index is -0.598. The Kier molecular flexibility index (Phi) is 5.69. The summed E-state index contributed by atoms with van der Waals surface area (Å²) in [4.78, 5) is 28.6. The molecule has 9 heteroatoms. The van der Waals surface area contributed by atoms with Gasteiger partial charge in [-0.25, -0.2) is 14.2 Å². The van der Waals surface area contributed by atoms with Crippen molar-refractivity contribution in [3.05, 3.63) is 54.2 Å². The van der Waals surface area contributed by atoms with Crippen molar-refractivity contribution in [2.75, 3.05) is 18.0 Å². The summed E-state index contributed by atoms with van der Waals surface area (Å²) in [6.07, 6.45) is 3.83. The smallest absolute Gasteiger partial charge is 0.414 e. The Bertz CT molecular complexity index is 1170. The molecule has 0 unspecified atom stereocenters. The molecule has 1 saturated heterocycles. The molecule has 2 amide bonds. The fourth-order valence-electron chi connectivity index (χ4n) is 3.26. The number of carbonyl (C=O) groups is 2. The van der Waals surface area contributed by atoms with Crippen LogP contribution in [0.15, 0.2) is 42.9 Å². The van der Waals surface area contributed by atoms with Crippen molar-refractivity contribution < 1.29 is 18.7 Å². The van der Waals surface area contributed by atoms with Crippen molar-refractivity contribution in [3.63, 3.8) is 0 Å². The number of aromatic nitrogens is 2. The van der Waals surface area contributed by atoms with Gasteiger partial charge in [-0.2, -0.15) is 5.26 Å². The molecule has 4 rings (SSSR count). The van der Waals surface area contributed by atoms with Crippen LogP contribution in [-0.4, -0.2) is 40.6 Å². The molecule has 154 valence electrons. The maximum absolute atomic E-state index is 14.9.